The van der Waals surface area contributed by atoms with Crippen LogP contribution in [0, 0.1) is 0 Å². The standard InChI is InChI=1S/C16H18N2O2/c17-15(11-19)16(20)18-14-8-4-7-13(10-14)9-12-5-2-1-3-6-12/h1-8,10,15,19H,9,11,17H2,(H,18,20)/t15-/m1/s1. The molecule has 2 aromatic rings. The lowest BCUT2D eigenvalue weighted by Gasteiger charge is -2.10. The Bertz CT molecular complexity index is 570. The fourth-order valence-electron chi connectivity index (χ4n) is 1.91. The summed E-state index contributed by atoms with van der Waals surface area (Å²) in [4.78, 5) is 11.6. The molecule has 0 heterocycles. The van der Waals surface area contributed by atoms with Gasteiger partial charge in [0.15, 0.2) is 0 Å². The van der Waals surface area contributed by atoms with E-state index in [0.29, 0.717) is 5.69 Å². The molecule has 20 heavy (non-hydrogen) atoms. The van der Waals surface area contributed by atoms with Crippen molar-refractivity contribution in [3.63, 3.8) is 0 Å². The van der Waals surface area contributed by atoms with E-state index in [2.05, 4.69) is 17.4 Å². The summed E-state index contributed by atoms with van der Waals surface area (Å²) < 4.78 is 0. The van der Waals surface area contributed by atoms with Crippen molar-refractivity contribution in [2.75, 3.05) is 11.9 Å². The minimum Gasteiger partial charge on any atom is -0.394 e. The fourth-order valence-corrected chi connectivity index (χ4v) is 1.91. The highest BCUT2D eigenvalue weighted by Crippen LogP contribution is 2.14. The van der Waals surface area contributed by atoms with Crippen LogP contribution in [0.1, 0.15) is 11.1 Å². The molecular formula is C16H18N2O2. The largest absolute Gasteiger partial charge is 0.394 e. The molecule has 0 fully saturated rings. The number of aliphatic hydroxyl groups is 1. The van der Waals surface area contributed by atoms with Gasteiger partial charge in [0.1, 0.15) is 6.04 Å². The van der Waals surface area contributed by atoms with E-state index in [1.807, 2.05) is 36.4 Å². The van der Waals surface area contributed by atoms with Crippen LogP contribution >= 0.6 is 0 Å². The Morgan fingerprint density at radius 3 is 2.50 bits per heavy atom. The first kappa shape index (κ1) is 14.2. The van der Waals surface area contributed by atoms with Crippen LogP contribution in [-0.4, -0.2) is 23.7 Å². The molecule has 2 rings (SSSR count). The molecular weight excluding hydrogens is 252 g/mol. The lowest BCUT2D eigenvalue weighted by molar-refractivity contribution is -0.118. The highest BCUT2D eigenvalue weighted by molar-refractivity contribution is 5.94. The summed E-state index contributed by atoms with van der Waals surface area (Å²) in [7, 11) is 0. The number of rotatable bonds is 5. The number of carbonyl (C=O) groups excluding carboxylic acids is 1. The third kappa shape index (κ3) is 3.91. The summed E-state index contributed by atoms with van der Waals surface area (Å²) in [5.74, 6) is -0.385. The van der Waals surface area contributed by atoms with E-state index in [1.54, 1.807) is 6.07 Å². The molecule has 4 N–H and O–H groups in total. The number of hydrogen-bond donors (Lipinski definition) is 3. The van der Waals surface area contributed by atoms with Gasteiger partial charge in [0.25, 0.3) is 0 Å². The van der Waals surface area contributed by atoms with E-state index in [-0.39, 0.29) is 12.5 Å². The van der Waals surface area contributed by atoms with E-state index in [0.717, 1.165) is 12.0 Å². The molecule has 0 aliphatic carbocycles. The number of amides is 1. The lowest BCUT2D eigenvalue weighted by Crippen LogP contribution is -2.38. The Balaban J connectivity index is 2.06. The first-order valence-corrected chi connectivity index (χ1v) is 6.49. The SMILES string of the molecule is N[C@H](CO)C(=O)Nc1cccc(Cc2ccccc2)c1. The van der Waals surface area contributed by atoms with Gasteiger partial charge >= 0.3 is 0 Å². The summed E-state index contributed by atoms with van der Waals surface area (Å²) >= 11 is 0. The molecule has 0 saturated heterocycles. The molecule has 0 aliphatic rings. The molecule has 2 aromatic carbocycles. The zero-order chi connectivity index (χ0) is 14.4. The number of aliphatic hydroxyl groups excluding tert-OH is 1. The van der Waals surface area contributed by atoms with Gasteiger partial charge in [-0.1, -0.05) is 42.5 Å². The van der Waals surface area contributed by atoms with Crippen molar-refractivity contribution in [1.82, 2.24) is 0 Å². The molecule has 0 unspecified atom stereocenters. The third-order valence-electron chi connectivity index (χ3n) is 2.98. The van der Waals surface area contributed by atoms with Crippen LogP contribution in [-0.2, 0) is 11.2 Å². The molecule has 0 radical (unpaired) electrons. The summed E-state index contributed by atoms with van der Waals surface area (Å²) in [5.41, 5.74) is 8.47. The molecule has 1 atom stereocenters. The highest BCUT2D eigenvalue weighted by atomic mass is 16.3. The van der Waals surface area contributed by atoms with Gasteiger partial charge in [-0.2, -0.15) is 0 Å². The van der Waals surface area contributed by atoms with Gasteiger partial charge in [-0.05, 0) is 29.7 Å². The first-order chi connectivity index (χ1) is 9.69. The van der Waals surface area contributed by atoms with Crippen LogP contribution in [0.3, 0.4) is 0 Å². The third-order valence-corrected chi connectivity index (χ3v) is 2.98. The van der Waals surface area contributed by atoms with Gasteiger partial charge in [-0.15, -0.1) is 0 Å². The number of anilines is 1. The fraction of sp³-hybridized carbons (Fsp3) is 0.188. The van der Waals surface area contributed by atoms with Crippen LogP contribution < -0.4 is 11.1 Å². The normalized spacial score (nSPS) is 11.9. The topological polar surface area (TPSA) is 75.3 Å². The second-order valence-electron chi connectivity index (χ2n) is 4.64. The molecule has 0 aromatic heterocycles. The van der Waals surface area contributed by atoms with Gasteiger partial charge in [0.2, 0.25) is 5.91 Å². The predicted molar refractivity (Wildman–Crippen MR) is 79.4 cm³/mol. The number of nitrogens with one attached hydrogen (secondary N) is 1. The van der Waals surface area contributed by atoms with Crippen molar-refractivity contribution in [3.8, 4) is 0 Å². The summed E-state index contributed by atoms with van der Waals surface area (Å²) in [6.45, 7) is -0.366. The molecule has 104 valence electrons. The smallest absolute Gasteiger partial charge is 0.243 e. The number of carbonyl (C=O) groups is 1. The average Bonchev–Trinajstić information content (AvgIpc) is 2.47. The van der Waals surface area contributed by atoms with Gasteiger partial charge in [0, 0.05) is 5.69 Å². The van der Waals surface area contributed by atoms with Crippen molar-refractivity contribution in [2.45, 2.75) is 12.5 Å². The van der Waals surface area contributed by atoms with Crippen molar-refractivity contribution >= 4 is 11.6 Å². The van der Waals surface area contributed by atoms with E-state index in [1.165, 1.54) is 5.56 Å². The van der Waals surface area contributed by atoms with Crippen molar-refractivity contribution < 1.29 is 9.90 Å². The number of hydrogen-bond acceptors (Lipinski definition) is 3. The number of nitrogens with two attached hydrogens (primary N) is 1. The molecule has 0 bridgehead atoms. The minimum atomic E-state index is -0.896. The first-order valence-electron chi connectivity index (χ1n) is 6.49. The van der Waals surface area contributed by atoms with Crippen LogP contribution in [0.25, 0.3) is 0 Å². The average molecular weight is 270 g/mol. The van der Waals surface area contributed by atoms with Crippen LogP contribution in [0.15, 0.2) is 54.6 Å². The maximum atomic E-state index is 11.6. The Labute approximate surface area is 118 Å². The Morgan fingerprint density at radius 1 is 1.10 bits per heavy atom. The van der Waals surface area contributed by atoms with E-state index in [4.69, 9.17) is 10.8 Å². The Morgan fingerprint density at radius 2 is 1.80 bits per heavy atom. The molecule has 4 nitrogen and oxygen atoms in total. The maximum absolute atomic E-state index is 11.6. The van der Waals surface area contributed by atoms with Crippen LogP contribution in [0.4, 0.5) is 5.69 Å². The van der Waals surface area contributed by atoms with Crippen molar-refractivity contribution in [3.05, 3.63) is 65.7 Å². The molecule has 1 amide bonds. The Kier molecular flexibility index (Phi) is 4.87. The van der Waals surface area contributed by atoms with Crippen molar-refractivity contribution in [2.24, 2.45) is 5.73 Å². The lowest BCUT2D eigenvalue weighted by atomic mass is 10.0. The van der Waals surface area contributed by atoms with Gasteiger partial charge in [0.05, 0.1) is 6.61 Å². The highest BCUT2D eigenvalue weighted by Gasteiger charge is 2.11. The maximum Gasteiger partial charge on any atom is 0.243 e. The number of benzene rings is 2. The summed E-state index contributed by atoms with van der Waals surface area (Å²) in [6.07, 6.45) is 0.802. The van der Waals surface area contributed by atoms with Crippen molar-refractivity contribution in [1.29, 1.82) is 0 Å². The quantitative estimate of drug-likeness (QED) is 0.771. The molecule has 0 aliphatic heterocycles. The molecule has 0 spiro atoms. The van der Waals surface area contributed by atoms with E-state index < -0.39 is 6.04 Å². The predicted octanol–water partition coefficient (Wildman–Crippen LogP) is 1.54. The van der Waals surface area contributed by atoms with E-state index >= 15 is 0 Å². The second-order valence-corrected chi connectivity index (χ2v) is 4.64. The zero-order valence-electron chi connectivity index (χ0n) is 11.1. The van der Waals surface area contributed by atoms with Gasteiger partial charge in [-0.25, -0.2) is 0 Å². The molecule has 0 saturated carbocycles. The zero-order valence-corrected chi connectivity index (χ0v) is 11.1. The summed E-state index contributed by atoms with van der Waals surface area (Å²) in [5, 5.41) is 11.5. The van der Waals surface area contributed by atoms with Crippen LogP contribution in [0.2, 0.25) is 0 Å². The Hall–Kier alpha value is -2.17. The van der Waals surface area contributed by atoms with E-state index in [9.17, 15) is 4.79 Å². The van der Waals surface area contributed by atoms with Gasteiger partial charge < -0.3 is 16.2 Å². The molecule has 4 heteroatoms. The monoisotopic (exact) mass is 270 g/mol. The summed E-state index contributed by atoms with van der Waals surface area (Å²) in [6, 6.07) is 16.8. The van der Waals surface area contributed by atoms with Crippen LogP contribution in [0.5, 0.6) is 0 Å². The minimum absolute atomic E-state index is 0.366. The second kappa shape index (κ2) is 6.84. The van der Waals surface area contributed by atoms with Gasteiger partial charge in [-0.3, -0.25) is 4.79 Å².